The van der Waals surface area contributed by atoms with E-state index in [-0.39, 0.29) is 0 Å². The van der Waals surface area contributed by atoms with E-state index in [1.54, 1.807) is 0 Å². The second kappa shape index (κ2) is 10.5. The summed E-state index contributed by atoms with van der Waals surface area (Å²) >= 11 is 0. The van der Waals surface area contributed by atoms with E-state index in [1.807, 2.05) is 63.2 Å². The zero-order valence-corrected chi connectivity index (χ0v) is 18.8. The van der Waals surface area contributed by atoms with Gasteiger partial charge in [-0.25, -0.2) is 15.0 Å². The van der Waals surface area contributed by atoms with Gasteiger partial charge in [-0.15, -0.1) is 0 Å². The summed E-state index contributed by atoms with van der Waals surface area (Å²) in [4.78, 5) is 14.7. The molecule has 4 aromatic rings. The molecule has 158 valence electrons. The summed E-state index contributed by atoms with van der Waals surface area (Å²) in [5, 5.41) is 3.31. The Kier molecular flexibility index (Phi) is 7.50. The van der Waals surface area contributed by atoms with Crippen LogP contribution in [0.3, 0.4) is 0 Å². The van der Waals surface area contributed by atoms with Crippen molar-refractivity contribution in [3.63, 3.8) is 0 Å². The Morgan fingerprint density at radius 2 is 1.39 bits per heavy atom. The lowest BCUT2D eigenvalue weighted by Crippen LogP contribution is -2.03. The fourth-order valence-corrected chi connectivity index (χ4v) is 3.41. The number of rotatable bonds is 6. The average Bonchev–Trinajstić information content (AvgIpc) is 2.81. The molecule has 0 spiro atoms. The standard InChI is InChI=1S/C25H24N4.C2H6/c1-4-11-17(2)26-22-16-21-23(18(3)27-22)29-25(20-14-9-6-10-15-20)24(28-21)19-12-7-5-8-13-19;1-2/h5-10,12-16H,2,4,11H2,1,3H3,(H,26,27);1-2H3. The van der Waals surface area contributed by atoms with Crippen LogP contribution in [0, 0.1) is 6.92 Å². The third kappa shape index (κ3) is 5.15. The first-order valence-electron chi connectivity index (χ1n) is 10.9. The van der Waals surface area contributed by atoms with Gasteiger partial charge >= 0.3 is 0 Å². The first kappa shape index (κ1) is 22.2. The van der Waals surface area contributed by atoms with Crippen molar-refractivity contribution in [2.45, 2.75) is 40.5 Å². The largest absolute Gasteiger partial charge is 0.344 e. The highest BCUT2D eigenvalue weighted by atomic mass is 15.0. The first-order valence-corrected chi connectivity index (χ1v) is 10.9. The Labute approximate surface area is 185 Å². The van der Waals surface area contributed by atoms with Gasteiger partial charge in [0, 0.05) is 22.9 Å². The van der Waals surface area contributed by atoms with Crippen molar-refractivity contribution in [2.75, 3.05) is 5.32 Å². The highest BCUT2D eigenvalue weighted by Crippen LogP contribution is 2.32. The smallest absolute Gasteiger partial charge is 0.132 e. The lowest BCUT2D eigenvalue weighted by Gasteiger charge is -2.14. The van der Waals surface area contributed by atoms with Crippen LogP contribution in [0.25, 0.3) is 33.5 Å². The van der Waals surface area contributed by atoms with Gasteiger partial charge in [0.2, 0.25) is 0 Å². The van der Waals surface area contributed by atoms with Crippen molar-refractivity contribution in [3.05, 3.63) is 84.7 Å². The van der Waals surface area contributed by atoms with E-state index in [2.05, 4.69) is 48.1 Å². The molecule has 1 N–H and O–H groups in total. The third-order valence-electron chi connectivity index (χ3n) is 4.78. The van der Waals surface area contributed by atoms with Crippen molar-refractivity contribution >= 4 is 16.9 Å². The molecule has 4 heteroatoms. The second-order valence-corrected chi connectivity index (χ2v) is 7.09. The minimum absolute atomic E-state index is 0.759. The molecule has 0 fully saturated rings. The molecule has 4 nitrogen and oxygen atoms in total. The average molecular weight is 411 g/mol. The molecular formula is C27H30N4. The van der Waals surface area contributed by atoms with E-state index >= 15 is 0 Å². The number of benzene rings is 2. The SMILES string of the molecule is C=C(CCC)Nc1cc2nc(-c3ccccc3)c(-c3ccccc3)nc2c(C)n1.CC. The minimum Gasteiger partial charge on any atom is -0.344 e. The van der Waals surface area contributed by atoms with Crippen LogP contribution >= 0.6 is 0 Å². The van der Waals surface area contributed by atoms with Gasteiger partial charge < -0.3 is 5.32 Å². The maximum absolute atomic E-state index is 5.02. The van der Waals surface area contributed by atoms with Crippen LogP contribution in [0.1, 0.15) is 39.3 Å². The number of aromatic nitrogens is 3. The van der Waals surface area contributed by atoms with Crippen LogP contribution < -0.4 is 5.32 Å². The van der Waals surface area contributed by atoms with Crippen molar-refractivity contribution < 1.29 is 0 Å². The highest BCUT2D eigenvalue weighted by molar-refractivity contribution is 5.88. The lowest BCUT2D eigenvalue weighted by molar-refractivity contribution is 0.910. The number of fused-ring (bicyclic) bond motifs is 1. The Morgan fingerprint density at radius 3 is 1.94 bits per heavy atom. The summed E-state index contributed by atoms with van der Waals surface area (Å²) in [5.74, 6) is 0.759. The molecule has 0 aliphatic heterocycles. The van der Waals surface area contributed by atoms with Gasteiger partial charge in [-0.3, -0.25) is 0 Å². The Morgan fingerprint density at radius 1 is 0.839 bits per heavy atom. The topological polar surface area (TPSA) is 50.7 Å². The van der Waals surface area contributed by atoms with E-state index in [1.165, 1.54) is 0 Å². The van der Waals surface area contributed by atoms with Crippen LogP contribution in [0.4, 0.5) is 5.82 Å². The third-order valence-corrected chi connectivity index (χ3v) is 4.78. The van der Waals surface area contributed by atoms with E-state index in [9.17, 15) is 0 Å². The predicted octanol–water partition coefficient (Wildman–Crippen LogP) is 7.42. The van der Waals surface area contributed by atoms with Gasteiger partial charge in [0.1, 0.15) is 11.3 Å². The van der Waals surface area contributed by atoms with Gasteiger partial charge in [0.25, 0.3) is 0 Å². The van der Waals surface area contributed by atoms with Crippen molar-refractivity contribution in [3.8, 4) is 22.5 Å². The summed E-state index contributed by atoms with van der Waals surface area (Å²) < 4.78 is 0. The maximum atomic E-state index is 5.02. The zero-order valence-electron chi connectivity index (χ0n) is 18.8. The van der Waals surface area contributed by atoms with E-state index in [0.717, 1.165) is 63.6 Å². The number of nitrogens with zero attached hydrogens (tertiary/aromatic N) is 3. The van der Waals surface area contributed by atoms with Crippen LogP contribution in [0.5, 0.6) is 0 Å². The predicted molar refractivity (Wildman–Crippen MR) is 132 cm³/mol. The fraction of sp³-hybridized carbons (Fsp3) is 0.222. The Bertz CT molecular complexity index is 1150. The number of pyridine rings is 1. The summed E-state index contributed by atoms with van der Waals surface area (Å²) in [6.45, 7) is 12.2. The first-order chi connectivity index (χ1) is 15.2. The number of aryl methyl sites for hydroxylation is 1. The Balaban J connectivity index is 0.00000132. The van der Waals surface area contributed by atoms with Gasteiger partial charge in [-0.2, -0.15) is 0 Å². The summed E-state index contributed by atoms with van der Waals surface area (Å²) in [7, 11) is 0. The van der Waals surface area contributed by atoms with E-state index < -0.39 is 0 Å². The van der Waals surface area contributed by atoms with Gasteiger partial charge in [0.15, 0.2) is 0 Å². The molecule has 4 rings (SSSR count). The molecule has 0 saturated carbocycles. The van der Waals surface area contributed by atoms with Gasteiger partial charge in [0.05, 0.1) is 22.6 Å². The van der Waals surface area contributed by atoms with Crippen molar-refractivity contribution in [1.82, 2.24) is 15.0 Å². The number of hydrogen-bond donors (Lipinski definition) is 1. The molecule has 0 saturated heterocycles. The molecule has 2 aromatic heterocycles. The summed E-state index contributed by atoms with van der Waals surface area (Å²) in [6, 6.07) is 22.3. The van der Waals surface area contributed by atoms with E-state index in [0.29, 0.717) is 0 Å². The molecule has 0 atom stereocenters. The minimum atomic E-state index is 0.759. The molecule has 0 bridgehead atoms. The van der Waals surface area contributed by atoms with Crippen molar-refractivity contribution in [1.29, 1.82) is 0 Å². The lowest BCUT2D eigenvalue weighted by atomic mass is 10.0. The molecule has 2 aromatic carbocycles. The van der Waals surface area contributed by atoms with E-state index in [4.69, 9.17) is 9.97 Å². The van der Waals surface area contributed by atoms with Crippen LogP contribution in [0.15, 0.2) is 79.0 Å². The molecule has 0 aliphatic rings. The maximum Gasteiger partial charge on any atom is 0.132 e. The van der Waals surface area contributed by atoms with Crippen molar-refractivity contribution in [2.24, 2.45) is 0 Å². The molecule has 2 heterocycles. The summed E-state index contributed by atoms with van der Waals surface area (Å²) in [5.41, 5.74) is 7.25. The monoisotopic (exact) mass is 410 g/mol. The van der Waals surface area contributed by atoms with Crippen LogP contribution in [0.2, 0.25) is 0 Å². The molecule has 0 aliphatic carbocycles. The normalized spacial score (nSPS) is 10.3. The molecule has 0 amide bonds. The highest BCUT2D eigenvalue weighted by Gasteiger charge is 2.15. The molecular weight excluding hydrogens is 380 g/mol. The second-order valence-electron chi connectivity index (χ2n) is 7.09. The molecule has 31 heavy (non-hydrogen) atoms. The van der Waals surface area contributed by atoms with Gasteiger partial charge in [-0.1, -0.05) is 94.4 Å². The Hall–Kier alpha value is -3.53. The summed E-state index contributed by atoms with van der Waals surface area (Å²) in [6.07, 6.45) is 1.95. The number of allylic oxidation sites excluding steroid dienone is 1. The number of hydrogen-bond acceptors (Lipinski definition) is 4. The van der Waals surface area contributed by atoms with Crippen LogP contribution in [-0.2, 0) is 0 Å². The number of anilines is 1. The van der Waals surface area contributed by atoms with Crippen LogP contribution in [-0.4, -0.2) is 15.0 Å². The van der Waals surface area contributed by atoms with Gasteiger partial charge in [-0.05, 0) is 13.3 Å². The quantitative estimate of drug-likeness (QED) is 0.359. The molecule has 0 unspecified atom stereocenters. The molecule has 0 radical (unpaired) electrons. The fourth-order valence-electron chi connectivity index (χ4n) is 3.41. The zero-order chi connectivity index (χ0) is 22.2. The number of nitrogens with one attached hydrogen (secondary N) is 1.